The van der Waals surface area contributed by atoms with Crippen molar-refractivity contribution in [2.24, 2.45) is 5.22 Å². The SMILES string of the molecule is [N-]=[N+]=NN(CC[N+](=O)[O-])c1ccccc1. The van der Waals surface area contributed by atoms with E-state index in [0.29, 0.717) is 5.69 Å². The van der Waals surface area contributed by atoms with E-state index in [1.54, 1.807) is 24.3 Å². The quantitative estimate of drug-likeness (QED) is 0.243. The molecular formula is C8H9N5O2. The largest absolute Gasteiger partial charge is 0.264 e. The first-order valence-electron chi connectivity index (χ1n) is 4.23. The number of nitrogens with zero attached hydrogens (tertiary/aromatic N) is 5. The number of para-hydroxylation sites is 1. The Morgan fingerprint density at radius 1 is 1.47 bits per heavy atom. The van der Waals surface area contributed by atoms with Gasteiger partial charge in [-0.3, -0.25) is 10.1 Å². The van der Waals surface area contributed by atoms with E-state index < -0.39 is 4.92 Å². The zero-order valence-electron chi connectivity index (χ0n) is 7.85. The van der Waals surface area contributed by atoms with E-state index in [1.165, 1.54) is 5.01 Å². The van der Waals surface area contributed by atoms with Gasteiger partial charge in [0.1, 0.15) is 5.69 Å². The molecule has 0 spiro atoms. The predicted octanol–water partition coefficient (Wildman–Crippen LogP) is 2.00. The molecule has 1 rings (SSSR count). The van der Waals surface area contributed by atoms with Gasteiger partial charge in [-0.15, -0.1) is 5.53 Å². The van der Waals surface area contributed by atoms with E-state index in [4.69, 9.17) is 5.53 Å². The number of benzene rings is 1. The van der Waals surface area contributed by atoms with Crippen LogP contribution in [0.5, 0.6) is 0 Å². The standard InChI is InChI=1S/C8H9N5O2/c9-10-11-12(6-7-13(14)15)8-4-2-1-3-5-8/h1-5H,6-7H2. The first kappa shape index (κ1) is 10.8. The van der Waals surface area contributed by atoms with Crippen molar-refractivity contribution < 1.29 is 4.92 Å². The lowest BCUT2D eigenvalue weighted by Gasteiger charge is -2.10. The highest BCUT2D eigenvalue weighted by molar-refractivity contribution is 5.44. The molecule has 15 heavy (non-hydrogen) atoms. The average Bonchev–Trinajstić information content (AvgIpc) is 2.25. The molecule has 0 aromatic heterocycles. The fraction of sp³-hybridized carbons (Fsp3) is 0.250. The molecule has 78 valence electrons. The van der Waals surface area contributed by atoms with Crippen molar-refractivity contribution in [1.29, 1.82) is 0 Å². The summed E-state index contributed by atoms with van der Waals surface area (Å²) < 4.78 is 0. The molecular weight excluding hydrogens is 198 g/mol. The minimum atomic E-state index is -0.456. The molecule has 7 heteroatoms. The van der Waals surface area contributed by atoms with E-state index in [2.05, 4.69) is 10.1 Å². The van der Waals surface area contributed by atoms with Gasteiger partial charge in [-0.1, -0.05) is 18.2 Å². The average molecular weight is 207 g/mol. The molecule has 0 fully saturated rings. The zero-order valence-corrected chi connectivity index (χ0v) is 7.85. The van der Waals surface area contributed by atoms with Gasteiger partial charge in [-0.05, 0) is 17.4 Å². The number of anilines is 1. The van der Waals surface area contributed by atoms with Crippen LogP contribution in [0.25, 0.3) is 10.4 Å². The number of nitro groups is 1. The van der Waals surface area contributed by atoms with Crippen LogP contribution in [-0.2, 0) is 0 Å². The molecule has 0 heterocycles. The maximum atomic E-state index is 10.2. The third-order valence-electron chi connectivity index (χ3n) is 1.70. The summed E-state index contributed by atoms with van der Waals surface area (Å²) >= 11 is 0. The highest BCUT2D eigenvalue weighted by Gasteiger charge is 2.11. The lowest BCUT2D eigenvalue weighted by molar-refractivity contribution is -0.477. The van der Waals surface area contributed by atoms with Crippen LogP contribution < -0.4 is 5.01 Å². The van der Waals surface area contributed by atoms with Crippen molar-refractivity contribution in [2.75, 3.05) is 18.1 Å². The topological polar surface area (TPSA) is 95.1 Å². The summed E-state index contributed by atoms with van der Waals surface area (Å²) in [5.74, 6) is 0. The number of hydrogen-bond acceptors (Lipinski definition) is 3. The second-order valence-corrected chi connectivity index (χ2v) is 2.69. The lowest BCUT2D eigenvalue weighted by Crippen LogP contribution is -2.23. The van der Waals surface area contributed by atoms with Crippen LogP contribution in [-0.4, -0.2) is 18.0 Å². The fourth-order valence-corrected chi connectivity index (χ4v) is 1.05. The molecule has 0 aliphatic heterocycles. The molecule has 1 aromatic rings. The van der Waals surface area contributed by atoms with Gasteiger partial charge in [0.25, 0.3) is 0 Å². The van der Waals surface area contributed by atoms with Crippen molar-refractivity contribution in [3.05, 3.63) is 50.9 Å². The molecule has 0 N–H and O–H groups in total. The summed E-state index contributed by atoms with van der Waals surface area (Å²) in [6.07, 6.45) is 0. The van der Waals surface area contributed by atoms with Crippen LogP contribution in [0.4, 0.5) is 5.69 Å². The zero-order chi connectivity index (χ0) is 11.1. The van der Waals surface area contributed by atoms with Crippen LogP contribution in [0.15, 0.2) is 35.6 Å². The van der Waals surface area contributed by atoms with Gasteiger partial charge in [0.15, 0.2) is 6.54 Å². The molecule has 0 saturated heterocycles. The second kappa shape index (κ2) is 5.46. The third kappa shape index (κ3) is 3.53. The minimum absolute atomic E-state index is 0.0566. The summed E-state index contributed by atoms with van der Waals surface area (Å²) in [4.78, 5) is 12.3. The van der Waals surface area contributed by atoms with Crippen LogP contribution in [0, 0.1) is 10.1 Å². The number of rotatable bonds is 5. The Kier molecular flexibility index (Phi) is 3.93. The van der Waals surface area contributed by atoms with Gasteiger partial charge in [-0.2, -0.15) is 4.91 Å². The van der Waals surface area contributed by atoms with E-state index >= 15 is 0 Å². The molecule has 0 saturated carbocycles. The van der Waals surface area contributed by atoms with Gasteiger partial charge in [0, 0.05) is 4.92 Å². The predicted molar refractivity (Wildman–Crippen MR) is 54.8 cm³/mol. The molecule has 0 radical (unpaired) electrons. The van der Waals surface area contributed by atoms with Crippen molar-refractivity contribution in [3.63, 3.8) is 0 Å². The van der Waals surface area contributed by atoms with Crippen molar-refractivity contribution in [1.82, 2.24) is 0 Å². The second-order valence-electron chi connectivity index (χ2n) is 2.69. The Balaban J connectivity index is 2.74. The highest BCUT2D eigenvalue weighted by atomic mass is 16.6. The Bertz CT molecular complexity index is 374. The molecule has 7 nitrogen and oxygen atoms in total. The van der Waals surface area contributed by atoms with Crippen LogP contribution in [0.3, 0.4) is 0 Å². The Hall–Kier alpha value is -2.27. The van der Waals surface area contributed by atoms with E-state index in [-0.39, 0.29) is 13.1 Å². The lowest BCUT2D eigenvalue weighted by atomic mass is 10.3. The van der Waals surface area contributed by atoms with Crippen LogP contribution >= 0.6 is 0 Å². The summed E-state index contributed by atoms with van der Waals surface area (Å²) in [5.41, 5.74) is 8.95. The summed E-state index contributed by atoms with van der Waals surface area (Å²) in [6.45, 7) is -0.213. The maximum Gasteiger partial charge on any atom is 0.241 e. The van der Waals surface area contributed by atoms with E-state index in [1.807, 2.05) is 6.07 Å². The number of hydrogen-bond donors (Lipinski definition) is 0. The molecule has 0 unspecified atom stereocenters. The molecule has 1 aromatic carbocycles. The van der Waals surface area contributed by atoms with Gasteiger partial charge in [0.05, 0.1) is 0 Å². The fourth-order valence-electron chi connectivity index (χ4n) is 1.05. The number of azide groups is 1. The maximum absolute atomic E-state index is 10.2. The highest BCUT2D eigenvalue weighted by Crippen LogP contribution is 2.12. The normalized spacial score (nSPS) is 9.07. The van der Waals surface area contributed by atoms with Gasteiger partial charge >= 0.3 is 0 Å². The Morgan fingerprint density at radius 2 is 2.13 bits per heavy atom. The third-order valence-corrected chi connectivity index (χ3v) is 1.70. The Labute approximate surface area is 85.7 Å². The van der Waals surface area contributed by atoms with Gasteiger partial charge in [0.2, 0.25) is 6.54 Å². The van der Waals surface area contributed by atoms with E-state index in [0.717, 1.165) is 0 Å². The van der Waals surface area contributed by atoms with Crippen molar-refractivity contribution >= 4 is 5.69 Å². The van der Waals surface area contributed by atoms with Gasteiger partial charge in [-0.25, -0.2) is 5.01 Å². The monoisotopic (exact) mass is 207 g/mol. The van der Waals surface area contributed by atoms with Crippen LogP contribution in [0.1, 0.15) is 0 Å². The molecule has 0 atom stereocenters. The van der Waals surface area contributed by atoms with Crippen molar-refractivity contribution in [3.8, 4) is 0 Å². The first-order valence-corrected chi connectivity index (χ1v) is 4.23. The summed E-state index contributed by atoms with van der Waals surface area (Å²) in [7, 11) is 0. The van der Waals surface area contributed by atoms with E-state index in [9.17, 15) is 10.1 Å². The van der Waals surface area contributed by atoms with Crippen molar-refractivity contribution in [2.45, 2.75) is 0 Å². The smallest absolute Gasteiger partial charge is 0.241 e. The van der Waals surface area contributed by atoms with Gasteiger partial charge < -0.3 is 0 Å². The molecule has 0 bridgehead atoms. The first-order chi connectivity index (χ1) is 7.24. The molecule has 0 amide bonds. The summed E-state index contributed by atoms with van der Waals surface area (Å²) in [6, 6.07) is 8.78. The minimum Gasteiger partial charge on any atom is -0.264 e. The summed E-state index contributed by atoms with van der Waals surface area (Å²) in [5, 5.41) is 14.8. The van der Waals surface area contributed by atoms with Crippen LogP contribution in [0.2, 0.25) is 0 Å². The molecule has 0 aliphatic carbocycles. The Morgan fingerprint density at radius 3 is 2.67 bits per heavy atom. The molecule has 0 aliphatic rings.